The van der Waals surface area contributed by atoms with Crippen LogP contribution >= 0.6 is 0 Å². The van der Waals surface area contributed by atoms with Crippen LogP contribution in [0.2, 0.25) is 0 Å². The largest absolute Gasteiger partial charge is 0.489 e. The van der Waals surface area contributed by atoms with Gasteiger partial charge in [0.2, 0.25) is 0 Å². The molecule has 1 radical (unpaired) electrons. The van der Waals surface area contributed by atoms with Gasteiger partial charge in [0.05, 0.1) is 0 Å². The maximum absolute atomic E-state index is 5.31. The number of fused-ring (bicyclic) bond motifs is 1. The van der Waals surface area contributed by atoms with Crippen molar-refractivity contribution in [2.24, 2.45) is 0 Å². The Morgan fingerprint density at radius 2 is 2.20 bits per heavy atom. The van der Waals surface area contributed by atoms with Crippen molar-refractivity contribution in [3.05, 3.63) is 42.0 Å². The summed E-state index contributed by atoms with van der Waals surface area (Å²) in [5, 5.41) is 0. The second kappa shape index (κ2) is 2.18. The molecule has 1 aromatic carbocycles. The van der Waals surface area contributed by atoms with Gasteiger partial charge in [0.15, 0.2) is 0 Å². The Hall–Kier alpha value is -1.24. The third-order valence-corrected chi connectivity index (χ3v) is 1.47. The van der Waals surface area contributed by atoms with Crippen molar-refractivity contribution in [3.8, 4) is 5.75 Å². The van der Waals surface area contributed by atoms with E-state index in [1.807, 2.05) is 30.3 Å². The van der Waals surface area contributed by atoms with Gasteiger partial charge in [0.25, 0.3) is 0 Å². The number of benzene rings is 1. The molecule has 0 bridgehead atoms. The summed E-state index contributed by atoms with van der Waals surface area (Å²) in [6.45, 7) is 0.650. The Bertz CT molecular complexity index is 263. The lowest BCUT2D eigenvalue weighted by Crippen LogP contribution is -1.99. The maximum atomic E-state index is 5.31. The first-order chi connectivity index (χ1) is 4.97. The quantitative estimate of drug-likeness (QED) is 0.521. The molecule has 0 saturated heterocycles. The van der Waals surface area contributed by atoms with E-state index in [1.54, 1.807) is 0 Å². The van der Waals surface area contributed by atoms with E-state index in [-0.39, 0.29) is 0 Å². The van der Waals surface area contributed by atoms with Crippen LogP contribution in [-0.4, -0.2) is 6.61 Å². The van der Waals surface area contributed by atoms with Crippen LogP contribution in [0.15, 0.2) is 30.3 Å². The summed E-state index contributed by atoms with van der Waals surface area (Å²) in [7, 11) is 0. The molecule has 0 amide bonds. The monoisotopic (exact) mass is 131 g/mol. The predicted octanol–water partition coefficient (Wildman–Crippen LogP) is 1.79. The lowest BCUT2D eigenvalue weighted by molar-refractivity contribution is 0.355. The molecule has 1 heterocycles. The molecule has 0 fully saturated rings. The van der Waals surface area contributed by atoms with Crippen molar-refractivity contribution in [2.45, 2.75) is 0 Å². The molecule has 1 heteroatoms. The van der Waals surface area contributed by atoms with E-state index in [2.05, 4.69) is 6.08 Å². The van der Waals surface area contributed by atoms with E-state index < -0.39 is 0 Å². The molecule has 10 heavy (non-hydrogen) atoms. The summed E-state index contributed by atoms with van der Waals surface area (Å²) in [5.74, 6) is 0.935. The number of para-hydroxylation sites is 1. The first kappa shape index (κ1) is 5.54. The van der Waals surface area contributed by atoms with Crippen molar-refractivity contribution in [3.63, 3.8) is 0 Å². The van der Waals surface area contributed by atoms with Crippen molar-refractivity contribution >= 4 is 0 Å². The summed E-state index contributed by atoms with van der Waals surface area (Å²) >= 11 is 0. The molecule has 49 valence electrons. The normalized spacial score (nSPS) is 14.0. The first-order valence-corrected chi connectivity index (χ1v) is 3.27. The Kier molecular flexibility index (Phi) is 1.21. The van der Waals surface area contributed by atoms with Crippen LogP contribution in [0.3, 0.4) is 0 Å². The average Bonchev–Trinajstić information content (AvgIpc) is 2.05. The van der Waals surface area contributed by atoms with Crippen LogP contribution < -0.4 is 4.74 Å². The minimum absolute atomic E-state index is 0.650. The third-order valence-electron chi connectivity index (χ3n) is 1.47. The lowest BCUT2D eigenvalue weighted by atomic mass is 10.1. The van der Waals surface area contributed by atoms with Gasteiger partial charge in [-0.1, -0.05) is 18.2 Å². The van der Waals surface area contributed by atoms with Gasteiger partial charge in [0, 0.05) is 5.56 Å². The number of hydrogen-bond donors (Lipinski definition) is 0. The molecule has 1 aromatic rings. The van der Waals surface area contributed by atoms with Crippen LogP contribution in [0.4, 0.5) is 0 Å². The molecule has 1 aliphatic heterocycles. The van der Waals surface area contributed by atoms with Crippen molar-refractivity contribution in [1.82, 2.24) is 0 Å². The third kappa shape index (κ3) is 0.798. The van der Waals surface area contributed by atoms with Crippen LogP contribution in [0.1, 0.15) is 5.56 Å². The first-order valence-electron chi connectivity index (χ1n) is 3.27. The van der Waals surface area contributed by atoms with Gasteiger partial charge < -0.3 is 4.74 Å². The topological polar surface area (TPSA) is 9.23 Å². The zero-order chi connectivity index (χ0) is 6.81. The molecule has 0 spiro atoms. The molecule has 1 aliphatic rings. The fraction of sp³-hybridized carbons (Fsp3) is 0.111. The summed E-state index contributed by atoms with van der Waals surface area (Å²) in [4.78, 5) is 0. The second-order valence-electron chi connectivity index (χ2n) is 2.16. The zero-order valence-corrected chi connectivity index (χ0v) is 5.50. The highest BCUT2D eigenvalue weighted by atomic mass is 16.5. The van der Waals surface area contributed by atoms with E-state index >= 15 is 0 Å². The van der Waals surface area contributed by atoms with Gasteiger partial charge in [-0.15, -0.1) is 0 Å². The van der Waals surface area contributed by atoms with Crippen molar-refractivity contribution in [2.75, 3.05) is 6.61 Å². The fourth-order valence-electron chi connectivity index (χ4n) is 0.995. The molecule has 0 atom stereocenters. The molecular weight excluding hydrogens is 124 g/mol. The highest BCUT2D eigenvalue weighted by molar-refractivity contribution is 5.39. The van der Waals surface area contributed by atoms with Gasteiger partial charge >= 0.3 is 0 Å². The Morgan fingerprint density at radius 3 is 3.10 bits per heavy atom. The highest BCUT2D eigenvalue weighted by Gasteiger charge is 2.01. The van der Waals surface area contributed by atoms with Gasteiger partial charge in [-0.2, -0.15) is 0 Å². The fourth-order valence-corrected chi connectivity index (χ4v) is 0.995. The summed E-state index contributed by atoms with van der Waals surface area (Å²) < 4.78 is 5.31. The summed E-state index contributed by atoms with van der Waals surface area (Å²) in [5.41, 5.74) is 1.05. The molecule has 0 N–H and O–H groups in total. The molecule has 1 nitrogen and oxygen atoms in total. The summed E-state index contributed by atoms with van der Waals surface area (Å²) in [6, 6.07) is 7.89. The Balaban J connectivity index is 2.54. The van der Waals surface area contributed by atoms with Crippen LogP contribution in [-0.2, 0) is 0 Å². The molecular formula is C9H7O. The minimum atomic E-state index is 0.650. The number of ether oxygens (including phenoxy) is 1. The predicted molar refractivity (Wildman–Crippen MR) is 38.9 cm³/mol. The molecule has 0 aromatic heterocycles. The van der Waals surface area contributed by atoms with Crippen LogP contribution in [0.25, 0.3) is 0 Å². The Morgan fingerprint density at radius 1 is 1.30 bits per heavy atom. The van der Waals surface area contributed by atoms with E-state index in [1.165, 1.54) is 0 Å². The van der Waals surface area contributed by atoms with Gasteiger partial charge in [0.1, 0.15) is 12.4 Å². The molecule has 0 aliphatic carbocycles. The SMILES string of the molecule is [C]1=CCOc2ccccc21. The number of rotatable bonds is 0. The minimum Gasteiger partial charge on any atom is -0.489 e. The smallest absolute Gasteiger partial charge is 0.127 e. The Labute approximate surface area is 59.9 Å². The van der Waals surface area contributed by atoms with Crippen molar-refractivity contribution in [1.29, 1.82) is 0 Å². The highest BCUT2D eigenvalue weighted by Crippen LogP contribution is 2.20. The maximum Gasteiger partial charge on any atom is 0.127 e. The number of hydrogen-bond acceptors (Lipinski definition) is 1. The van der Waals surface area contributed by atoms with Crippen LogP contribution in [0, 0.1) is 6.08 Å². The van der Waals surface area contributed by atoms with Crippen LogP contribution in [0.5, 0.6) is 5.75 Å². The van der Waals surface area contributed by atoms with E-state index in [0.717, 1.165) is 11.3 Å². The lowest BCUT2D eigenvalue weighted by Gasteiger charge is -2.09. The van der Waals surface area contributed by atoms with E-state index in [9.17, 15) is 0 Å². The second-order valence-corrected chi connectivity index (χ2v) is 2.16. The molecule has 0 saturated carbocycles. The van der Waals surface area contributed by atoms with Crippen molar-refractivity contribution < 1.29 is 4.74 Å². The van der Waals surface area contributed by atoms with E-state index in [4.69, 9.17) is 4.74 Å². The van der Waals surface area contributed by atoms with E-state index in [0.29, 0.717) is 6.61 Å². The van der Waals surface area contributed by atoms with Gasteiger partial charge in [-0.05, 0) is 18.2 Å². The van der Waals surface area contributed by atoms with Gasteiger partial charge in [-0.3, -0.25) is 0 Å². The zero-order valence-electron chi connectivity index (χ0n) is 5.50. The summed E-state index contributed by atoms with van der Waals surface area (Å²) in [6.07, 6.45) is 5.00. The average molecular weight is 131 g/mol. The molecule has 2 rings (SSSR count). The molecule has 0 unspecified atom stereocenters. The van der Waals surface area contributed by atoms with Gasteiger partial charge in [-0.25, -0.2) is 0 Å². The standard InChI is InChI=1S/C9H7O/c1-2-6-9-8(4-1)5-3-7-10-9/h1-4,6H,7H2.